The van der Waals surface area contributed by atoms with E-state index in [1.807, 2.05) is 6.92 Å². The molecule has 0 bridgehead atoms. The molecule has 2 rings (SSSR count). The zero-order chi connectivity index (χ0) is 20.0. The second kappa shape index (κ2) is 9.45. The van der Waals surface area contributed by atoms with Crippen LogP contribution in [0.1, 0.15) is 40.4 Å². The van der Waals surface area contributed by atoms with Crippen LogP contribution in [0.5, 0.6) is 5.75 Å². The number of anilines is 1. The zero-order valence-electron chi connectivity index (χ0n) is 15.3. The zero-order valence-corrected chi connectivity index (χ0v) is 16.1. The highest BCUT2D eigenvalue weighted by Gasteiger charge is 2.22. The summed E-state index contributed by atoms with van der Waals surface area (Å²) >= 11 is 1.32. The maximum absolute atomic E-state index is 12.4. The molecule has 0 aliphatic carbocycles. The molecule has 0 saturated heterocycles. The molecule has 2 aromatic rings. The van der Waals surface area contributed by atoms with Crippen LogP contribution in [0.25, 0.3) is 0 Å². The lowest BCUT2D eigenvalue weighted by Gasteiger charge is -2.15. The van der Waals surface area contributed by atoms with Crippen LogP contribution >= 0.6 is 11.3 Å². The SMILES string of the molecule is CCCc1cc(C(=O)O[C@@H](C)C(=O)Nc2ccccc2OC(F)F)sc1C. The normalized spacial score (nSPS) is 11.9. The second-order valence-electron chi connectivity index (χ2n) is 5.85. The van der Waals surface area contributed by atoms with E-state index >= 15 is 0 Å². The summed E-state index contributed by atoms with van der Waals surface area (Å²) in [5.74, 6) is -1.40. The molecule has 1 aromatic carbocycles. The fourth-order valence-corrected chi connectivity index (χ4v) is 3.37. The Hall–Kier alpha value is -2.48. The van der Waals surface area contributed by atoms with Gasteiger partial charge in [0.1, 0.15) is 10.6 Å². The molecule has 0 fully saturated rings. The Morgan fingerprint density at radius 3 is 2.63 bits per heavy atom. The molecule has 0 aliphatic heterocycles. The van der Waals surface area contributed by atoms with Crippen molar-refractivity contribution in [2.75, 3.05) is 5.32 Å². The number of carbonyl (C=O) groups is 2. The minimum atomic E-state index is -3.02. The molecule has 146 valence electrons. The van der Waals surface area contributed by atoms with Crippen molar-refractivity contribution in [3.8, 4) is 5.75 Å². The smallest absolute Gasteiger partial charge is 0.387 e. The standard InChI is InChI=1S/C19H21F2NO4S/c1-4-7-13-10-16(27-12(13)3)18(24)25-11(2)17(23)22-14-8-5-6-9-15(14)26-19(20)21/h5-6,8-11,19H,4,7H2,1-3H3,(H,22,23)/t11-/m0/s1. The number of aryl methyl sites for hydroxylation is 2. The van der Waals surface area contributed by atoms with E-state index in [2.05, 4.69) is 17.0 Å². The van der Waals surface area contributed by atoms with E-state index in [1.54, 1.807) is 12.1 Å². The molecule has 0 radical (unpaired) electrons. The Kier molecular flexibility index (Phi) is 7.29. The Morgan fingerprint density at radius 2 is 1.96 bits per heavy atom. The van der Waals surface area contributed by atoms with Crippen molar-refractivity contribution in [3.63, 3.8) is 0 Å². The molecule has 27 heavy (non-hydrogen) atoms. The summed E-state index contributed by atoms with van der Waals surface area (Å²) in [7, 11) is 0. The van der Waals surface area contributed by atoms with Crippen molar-refractivity contribution in [2.24, 2.45) is 0 Å². The van der Waals surface area contributed by atoms with Crippen LogP contribution in [-0.2, 0) is 16.0 Å². The van der Waals surface area contributed by atoms with Gasteiger partial charge in [0.05, 0.1) is 5.69 Å². The number of nitrogens with one attached hydrogen (secondary N) is 1. The number of thiophene rings is 1. The van der Waals surface area contributed by atoms with Crippen molar-refractivity contribution in [3.05, 3.63) is 45.6 Å². The van der Waals surface area contributed by atoms with Crippen molar-refractivity contribution in [1.82, 2.24) is 0 Å². The van der Waals surface area contributed by atoms with Gasteiger partial charge in [0.25, 0.3) is 5.91 Å². The number of hydrogen-bond acceptors (Lipinski definition) is 5. The number of para-hydroxylation sites is 2. The summed E-state index contributed by atoms with van der Waals surface area (Å²) in [5, 5.41) is 2.44. The minimum absolute atomic E-state index is 0.0721. The van der Waals surface area contributed by atoms with Crippen molar-refractivity contribution >= 4 is 28.9 Å². The van der Waals surface area contributed by atoms with Gasteiger partial charge >= 0.3 is 12.6 Å². The maximum Gasteiger partial charge on any atom is 0.387 e. The van der Waals surface area contributed by atoms with E-state index in [1.165, 1.54) is 36.5 Å². The average Bonchev–Trinajstić information content (AvgIpc) is 2.97. The van der Waals surface area contributed by atoms with Crippen LogP contribution in [0, 0.1) is 6.92 Å². The van der Waals surface area contributed by atoms with Crippen LogP contribution in [0.15, 0.2) is 30.3 Å². The third-order valence-corrected chi connectivity index (χ3v) is 4.83. The molecule has 0 spiro atoms. The number of benzene rings is 1. The lowest BCUT2D eigenvalue weighted by molar-refractivity contribution is -0.123. The molecular formula is C19H21F2NO4S. The third kappa shape index (κ3) is 5.75. The predicted molar refractivity (Wildman–Crippen MR) is 99.6 cm³/mol. The van der Waals surface area contributed by atoms with Gasteiger partial charge in [-0.3, -0.25) is 4.79 Å². The fourth-order valence-electron chi connectivity index (χ4n) is 2.41. The molecule has 1 heterocycles. The Balaban J connectivity index is 2.01. The highest BCUT2D eigenvalue weighted by molar-refractivity contribution is 7.14. The molecule has 5 nitrogen and oxygen atoms in total. The highest BCUT2D eigenvalue weighted by Crippen LogP contribution is 2.26. The number of ether oxygens (including phenoxy) is 2. The molecule has 1 amide bonds. The van der Waals surface area contributed by atoms with Gasteiger partial charge in [-0.1, -0.05) is 25.5 Å². The summed E-state index contributed by atoms with van der Waals surface area (Å²) in [5.41, 5.74) is 1.16. The number of rotatable bonds is 8. The molecule has 1 atom stereocenters. The lowest BCUT2D eigenvalue weighted by atomic mass is 10.1. The quantitative estimate of drug-likeness (QED) is 0.650. The van der Waals surface area contributed by atoms with E-state index in [-0.39, 0.29) is 11.4 Å². The van der Waals surface area contributed by atoms with Gasteiger partial charge < -0.3 is 14.8 Å². The first-order valence-corrected chi connectivity index (χ1v) is 9.28. The molecule has 0 unspecified atom stereocenters. The summed E-state index contributed by atoms with van der Waals surface area (Å²) in [6.07, 6.45) is 0.728. The van der Waals surface area contributed by atoms with Gasteiger partial charge in [-0.2, -0.15) is 8.78 Å². The predicted octanol–water partition coefficient (Wildman–Crippen LogP) is 4.79. The molecule has 0 saturated carbocycles. The molecule has 1 aromatic heterocycles. The van der Waals surface area contributed by atoms with Crippen LogP contribution in [0.2, 0.25) is 0 Å². The number of hydrogen-bond donors (Lipinski definition) is 1. The van der Waals surface area contributed by atoms with E-state index in [0.717, 1.165) is 23.3 Å². The van der Waals surface area contributed by atoms with E-state index in [0.29, 0.717) is 4.88 Å². The lowest BCUT2D eigenvalue weighted by Crippen LogP contribution is -2.30. The second-order valence-corrected chi connectivity index (χ2v) is 7.11. The number of carbonyl (C=O) groups excluding carboxylic acids is 2. The number of halogens is 2. The van der Waals surface area contributed by atoms with Crippen molar-refractivity contribution in [2.45, 2.75) is 46.3 Å². The Morgan fingerprint density at radius 1 is 1.26 bits per heavy atom. The summed E-state index contributed by atoms with van der Waals surface area (Å²) in [6, 6.07) is 7.58. The van der Waals surface area contributed by atoms with Gasteiger partial charge in [-0.05, 0) is 44.0 Å². The largest absolute Gasteiger partial charge is 0.448 e. The van der Waals surface area contributed by atoms with Crippen LogP contribution < -0.4 is 10.1 Å². The van der Waals surface area contributed by atoms with E-state index in [4.69, 9.17) is 4.74 Å². The van der Waals surface area contributed by atoms with Crippen molar-refractivity contribution in [1.29, 1.82) is 0 Å². The van der Waals surface area contributed by atoms with Gasteiger partial charge in [0, 0.05) is 4.88 Å². The van der Waals surface area contributed by atoms with Crippen LogP contribution in [-0.4, -0.2) is 24.6 Å². The number of amides is 1. The summed E-state index contributed by atoms with van der Waals surface area (Å²) in [6.45, 7) is 2.38. The van der Waals surface area contributed by atoms with Gasteiger partial charge in [0.15, 0.2) is 6.10 Å². The first-order chi connectivity index (χ1) is 12.8. The molecule has 1 N–H and O–H groups in total. The molecular weight excluding hydrogens is 376 g/mol. The third-order valence-electron chi connectivity index (χ3n) is 3.76. The molecule has 8 heteroatoms. The van der Waals surface area contributed by atoms with Crippen LogP contribution in [0.3, 0.4) is 0 Å². The summed E-state index contributed by atoms with van der Waals surface area (Å²) < 4.78 is 34.5. The Labute approximate surface area is 160 Å². The maximum atomic E-state index is 12.4. The van der Waals surface area contributed by atoms with Gasteiger partial charge in [-0.15, -0.1) is 11.3 Å². The van der Waals surface area contributed by atoms with Crippen molar-refractivity contribution < 1.29 is 27.8 Å². The minimum Gasteiger partial charge on any atom is -0.448 e. The van der Waals surface area contributed by atoms with Gasteiger partial charge in [0.2, 0.25) is 0 Å². The van der Waals surface area contributed by atoms with E-state index < -0.39 is 24.6 Å². The highest BCUT2D eigenvalue weighted by atomic mass is 32.1. The number of esters is 1. The van der Waals surface area contributed by atoms with E-state index in [9.17, 15) is 18.4 Å². The Bertz CT molecular complexity index is 807. The first-order valence-electron chi connectivity index (χ1n) is 8.46. The summed E-state index contributed by atoms with van der Waals surface area (Å²) in [4.78, 5) is 26.0. The van der Waals surface area contributed by atoms with Gasteiger partial charge in [-0.25, -0.2) is 4.79 Å². The topological polar surface area (TPSA) is 64.6 Å². The molecule has 0 aliphatic rings. The first kappa shape index (κ1) is 20.8. The van der Waals surface area contributed by atoms with Crippen LogP contribution in [0.4, 0.5) is 14.5 Å². The monoisotopic (exact) mass is 397 g/mol. The number of alkyl halides is 2. The fraction of sp³-hybridized carbons (Fsp3) is 0.368. The average molecular weight is 397 g/mol.